The van der Waals surface area contributed by atoms with Crippen LogP contribution in [0.15, 0.2) is 11.6 Å². The Kier molecular flexibility index (Phi) is 8.31. The van der Waals surface area contributed by atoms with E-state index >= 15 is 0 Å². The van der Waals surface area contributed by atoms with Gasteiger partial charge < -0.3 is 55.1 Å². The van der Waals surface area contributed by atoms with Crippen molar-refractivity contribution in [2.45, 2.75) is 128 Å². The predicted molar refractivity (Wildman–Crippen MR) is 169 cm³/mol. The SMILES string of the molecule is CC1(C)CC[C@]2(C(=O)O)[C@H](O)C[C@]3(C)C(=CC[C@@H]4[C@@]5(C)C[C@H](O)[C@H](O[C@@H]6O[C@H](CO)[C@@H](O)[C@H](O)[C@H]6O)[C@@]6(CO)C(=O)OC[C@@]43CC[C@H]56)[C@@H]2C1. The Labute approximate surface area is 286 Å². The molecule has 276 valence electrons. The molecule has 0 aromatic rings. The van der Waals surface area contributed by atoms with Crippen molar-refractivity contribution in [3.05, 3.63) is 11.6 Å². The molecule has 8 aliphatic rings. The monoisotopic (exact) mass is 694 g/mol. The Morgan fingerprint density at radius 2 is 1.65 bits per heavy atom. The van der Waals surface area contributed by atoms with Crippen LogP contribution in [0, 0.1) is 50.2 Å². The van der Waals surface area contributed by atoms with Crippen LogP contribution in [0.2, 0.25) is 0 Å². The maximum absolute atomic E-state index is 14.5. The minimum atomic E-state index is -1.78. The minimum Gasteiger partial charge on any atom is -0.481 e. The van der Waals surface area contributed by atoms with E-state index in [1.54, 1.807) is 0 Å². The Morgan fingerprint density at radius 1 is 0.939 bits per heavy atom. The number of fused-ring (bicyclic) bond motifs is 6. The second-order valence-corrected chi connectivity index (χ2v) is 17.8. The van der Waals surface area contributed by atoms with E-state index in [9.17, 15) is 50.4 Å². The molecule has 5 aliphatic carbocycles. The molecule has 0 aromatic heterocycles. The Bertz CT molecular complexity index is 1400. The Balaban J connectivity index is 1.31. The van der Waals surface area contributed by atoms with Crippen molar-refractivity contribution in [3.8, 4) is 0 Å². The Hall–Kier alpha value is -1.68. The maximum atomic E-state index is 14.5. The van der Waals surface area contributed by atoms with Crippen molar-refractivity contribution < 1.29 is 64.7 Å². The van der Waals surface area contributed by atoms with Gasteiger partial charge in [0.25, 0.3) is 0 Å². The quantitative estimate of drug-likeness (QED) is 0.112. The normalized spacial score (nSPS) is 54.7. The summed E-state index contributed by atoms with van der Waals surface area (Å²) in [4.78, 5) is 27.6. The Morgan fingerprint density at radius 3 is 2.31 bits per heavy atom. The summed E-state index contributed by atoms with van der Waals surface area (Å²) in [5.74, 6) is -2.86. The van der Waals surface area contributed by atoms with E-state index in [1.165, 1.54) is 0 Å². The molecule has 4 bridgehead atoms. The van der Waals surface area contributed by atoms with Crippen molar-refractivity contribution in [2.24, 2.45) is 50.2 Å². The number of ether oxygens (including phenoxy) is 3. The summed E-state index contributed by atoms with van der Waals surface area (Å²) in [6.07, 6.45) is -6.16. The zero-order valence-corrected chi connectivity index (χ0v) is 28.8. The molecular weight excluding hydrogens is 640 g/mol. The lowest BCUT2D eigenvalue weighted by Crippen LogP contribution is -2.75. The number of hydrogen-bond acceptors (Lipinski definition) is 12. The van der Waals surface area contributed by atoms with Gasteiger partial charge in [0.05, 0.1) is 32.0 Å². The van der Waals surface area contributed by atoms with Crippen molar-refractivity contribution >= 4 is 11.9 Å². The van der Waals surface area contributed by atoms with E-state index in [-0.39, 0.29) is 30.8 Å². The predicted octanol–water partition coefficient (Wildman–Crippen LogP) is 0.489. The van der Waals surface area contributed by atoms with Gasteiger partial charge in [-0.25, -0.2) is 0 Å². The summed E-state index contributed by atoms with van der Waals surface area (Å²) < 4.78 is 18.0. The average molecular weight is 695 g/mol. The molecule has 3 saturated heterocycles. The molecule has 0 unspecified atom stereocenters. The highest BCUT2D eigenvalue weighted by molar-refractivity contribution is 5.80. The molecular formula is C36H54O13. The van der Waals surface area contributed by atoms with Crippen LogP contribution in [0.1, 0.15) is 79.1 Å². The molecule has 4 saturated carbocycles. The molecule has 49 heavy (non-hydrogen) atoms. The molecule has 7 fully saturated rings. The lowest BCUT2D eigenvalue weighted by molar-refractivity contribution is -0.350. The maximum Gasteiger partial charge on any atom is 0.317 e. The van der Waals surface area contributed by atoms with Gasteiger partial charge in [0, 0.05) is 10.8 Å². The molecule has 0 radical (unpaired) electrons. The van der Waals surface area contributed by atoms with Crippen LogP contribution in [0.3, 0.4) is 0 Å². The number of esters is 1. The van der Waals surface area contributed by atoms with Crippen LogP contribution in [-0.2, 0) is 23.8 Å². The standard InChI is InChI=1S/C36H54O13/c1-31(2)9-10-35(29(44)45)18(11-31)17-5-6-21-32(3)12-19(39)27(49-28-26(43)25(42)24(41)20(14-37)48-28)36(15-38)22(32)7-8-34(21,16-47-30(36)46)33(17,4)13-23(35)40/h5,18-28,37-43H,6-16H2,1-4H3,(H,44,45)/t18-,19-,20+,21+,22+,23+,24+,25-,26+,27-,28-,32+,33+,34-,35+,36-/m0/s1. The van der Waals surface area contributed by atoms with E-state index < -0.39 is 113 Å². The summed E-state index contributed by atoms with van der Waals surface area (Å²) in [6.45, 7) is 6.98. The van der Waals surface area contributed by atoms with Gasteiger partial charge in [-0.05, 0) is 80.0 Å². The molecule has 0 aromatic carbocycles. The first kappa shape index (κ1) is 35.7. The largest absolute Gasteiger partial charge is 0.481 e. The average Bonchev–Trinajstić information content (AvgIpc) is 3.03. The molecule has 8 rings (SSSR count). The summed E-state index contributed by atoms with van der Waals surface area (Å²) in [5.41, 5.74) is -4.31. The molecule has 0 amide bonds. The van der Waals surface area contributed by atoms with Gasteiger partial charge in [0.2, 0.25) is 0 Å². The number of carbonyl (C=O) groups is 2. The van der Waals surface area contributed by atoms with Crippen molar-refractivity contribution in [3.63, 3.8) is 0 Å². The molecule has 1 spiro atoms. The highest BCUT2D eigenvalue weighted by Gasteiger charge is 2.77. The van der Waals surface area contributed by atoms with E-state index in [0.717, 1.165) is 5.57 Å². The van der Waals surface area contributed by atoms with E-state index in [2.05, 4.69) is 26.8 Å². The van der Waals surface area contributed by atoms with E-state index in [1.807, 2.05) is 6.92 Å². The minimum absolute atomic E-state index is 0.0276. The molecule has 3 heterocycles. The van der Waals surface area contributed by atoms with Crippen LogP contribution in [0.4, 0.5) is 0 Å². The lowest BCUT2D eigenvalue weighted by Gasteiger charge is -2.73. The number of aliphatic carboxylic acids is 1. The first-order valence-corrected chi connectivity index (χ1v) is 17.9. The molecule has 8 N–H and O–H groups in total. The first-order valence-electron chi connectivity index (χ1n) is 17.9. The zero-order chi connectivity index (χ0) is 35.7. The second kappa shape index (κ2) is 11.4. The summed E-state index contributed by atoms with van der Waals surface area (Å²) in [5, 5.41) is 87.0. The highest BCUT2D eigenvalue weighted by atomic mass is 16.7. The number of aliphatic hydroxyl groups is 7. The zero-order valence-electron chi connectivity index (χ0n) is 28.8. The number of hydrogen-bond donors (Lipinski definition) is 8. The fraction of sp³-hybridized carbons (Fsp3) is 0.889. The van der Waals surface area contributed by atoms with Gasteiger partial charge in [-0.1, -0.05) is 39.3 Å². The third-order valence-corrected chi connectivity index (χ3v) is 15.4. The van der Waals surface area contributed by atoms with Gasteiger partial charge in [0.15, 0.2) is 6.29 Å². The molecule has 13 heteroatoms. The number of carboxylic acid groups (broad SMARTS) is 1. The van der Waals surface area contributed by atoms with Gasteiger partial charge in [0.1, 0.15) is 41.3 Å². The van der Waals surface area contributed by atoms with E-state index in [4.69, 9.17) is 14.2 Å². The van der Waals surface area contributed by atoms with Crippen molar-refractivity contribution in [2.75, 3.05) is 19.8 Å². The van der Waals surface area contributed by atoms with Gasteiger partial charge in [-0.3, -0.25) is 9.59 Å². The molecule has 13 nitrogen and oxygen atoms in total. The second-order valence-electron chi connectivity index (χ2n) is 17.8. The first-order chi connectivity index (χ1) is 22.9. The van der Waals surface area contributed by atoms with Gasteiger partial charge in [-0.2, -0.15) is 0 Å². The van der Waals surface area contributed by atoms with Crippen LogP contribution in [0.25, 0.3) is 0 Å². The van der Waals surface area contributed by atoms with E-state index in [0.29, 0.717) is 38.5 Å². The van der Waals surface area contributed by atoms with Gasteiger partial charge >= 0.3 is 11.9 Å². The number of allylic oxidation sites excluding steroid dienone is 2. The fourth-order valence-electron chi connectivity index (χ4n) is 12.8. The van der Waals surface area contributed by atoms with Crippen LogP contribution >= 0.6 is 0 Å². The fourth-order valence-corrected chi connectivity index (χ4v) is 12.8. The summed E-state index contributed by atoms with van der Waals surface area (Å²) in [7, 11) is 0. The number of carboxylic acids is 1. The van der Waals surface area contributed by atoms with Crippen LogP contribution in [0.5, 0.6) is 0 Å². The van der Waals surface area contributed by atoms with Crippen molar-refractivity contribution in [1.82, 2.24) is 0 Å². The third kappa shape index (κ3) is 4.43. The number of rotatable bonds is 5. The third-order valence-electron chi connectivity index (χ3n) is 15.4. The highest BCUT2D eigenvalue weighted by Crippen LogP contribution is 2.77. The summed E-state index contributed by atoms with van der Waals surface area (Å²) >= 11 is 0. The van der Waals surface area contributed by atoms with Crippen LogP contribution in [-0.4, -0.2) is 122 Å². The molecule has 16 atom stereocenters. The van der Waals surface area contributed by atoms with Gasteiger partial charge in [-0.15, -0.1) is 0 Å². The number of aliphatic hydroxyl groups excluding tert-OH is 7. The van der Waals surface area contributed by atoms with Crippen molar-refractivity contribution in [1.29, 1.82) is 0 Å². The smallest absolute Gasteiger partial charge is 0.317 e. The lowest BCUT2D eigenvalue weighted by atomic mass is 9.32. The topological polar surface area (TPSA) is 224 Å². The molecule has 3 aliphatic heterocycles. The summed E-state index contributed by atoms with van der Waals surface area (Å²) in [6, 6.07) is 0. The van der Waals surface area contributed by atoms with Crippen LogP contribution < -0.4 is 0 Å². The number of carbonyl (C=O) groups excluding carboxylic acids is 1.